The fourth-order valence-corrected chi connectivity index (χ4v) is 5.80. The maximum absolute atomic E-state index is 13.6. The van der Waals surface area contributed by atoms with Crippen LogP contribution in [0.3, 0.4) is 0 Å². The van der Waals surface area contributed by atoms with Crippen LogP contribution in [-0.2, 0) is 16.1 Å². The van der Waals surface area contributed by atoms with Crippen LogP contribution in [0, 0.1) is 6.92 Å². The van der Waals surface area contributed by atoms with Crippen molar-refractivity contribution in [2.24, 2.45) is 0 Å². The molecule has 0 spiro atoms. The molecule has 1 aliphatic heterocycles. The van der Waals surface area contributed by atoms with Crippen molar-refractivity contribution >= 4 is 39.9 Å². The number of hydrogen-bond donors (Lipinski definition) is 1. The van der Waals surface area contributed by atoms with Crippen molar-refractivity contribution in [2.75, 3.05) is 20.2 Å². The van der Waals surface area contributed by atoms with Crippen LogP contribution in [0.5, 0.6) is 5.75 Å². The highest BCUT2D eigenvalue weighted by Crippen LogP contribution is 2.30. The van der Waals surface area contributed by atoms with Crippen LogP contribution in [0.25, 0.3) is 10.8 Å². The van der Waals surface area contributed by atoms with Crippen LogP contribution in [0.4, 0.5) is 0 Å². The Hall–Kier alpha value is -3.09. The molecule has 0 aromatic heterocycles. The van der Waals surface area contributed by atoms with Gasteiger partial charge in [-0.25, -0.2) is 0 Å². The van der Waals surface area contributed by atoms with Gasteiger partial charge < -0.3 is 14.8 Å². The predicted octanol–water partition coefficient (Wildman–Crippen LogP) is 7.74. The quantitative estimate of drug-likeness (QED) is 0.202. The molecule has 4 aromatic rings. The number of carbonyl (C=O) groups is 1. The SMILES string of the molecule is COC(C)Oc1ccc2ccc(CN3CCC(NC(=O)C(c4ccc(Cl)cc4)c4ccc(Cl)cc4)CC3)c(C)c2c1. The van der Waals surface area contributed by atoms with Crippen molar-refractivity contribution in [3.05, 3.63) is 111 Å². The highest BCUT2D eigenvalue weighted by Gasteiger charge is 2.27. The molecule has 7 heteroatoms. The van der Waals surface area contributed by atoms with Gasteiger partial charge in [0.05, 0.1) is 5.92 Å². The minimum Gasteiger partial charge on any atom is -0.465 e. The molecule has 1 fully saturated rings. The summed E-state index contributed by atoms with van der Waals surface area (Å²) in [4.78, 5) is 16.1. The van der Waals surface area contributed by atoms with E-state index in [1.165, 1.54) is 21.9 Å². The molecule has 1 N–H and O–H groups in total. The van der Waals surface area contributed by atoms with E-state index in [1.54, 1.807) is 7.11 Å². The summed E-state index contributed by atoms with van der Waals surface area (Å²) < 4.78 is 11.1. The Bertz CT molecular complexity index is 1440. The smallest absolute Gasteiger partial charge is 0.232 e. The van der Waals surface area contributed by atoms with Gasteiger partial charge in [0, 0.05) is 42.8 Å². The first kappa shape index (κ1) is 29.4. The maximum atomic E-state index is 13.6. The number of nitrogens with one attached hydrogen (secondary N) is 1. The summed E-state index contributed by atoms with van der Waals surface area (Å²) in [5, 5.41) is 7.02. The summed E-state index contributed by atoms with van der Waals surface area (Å²) in [6, 6.07) is 25.7. The first-order chi connectivity index (χ1) is 19.8. The Morgan fingerprint density at radius 3 is 2.10 bits per heavy atom. The molecule has 1 aliphatic rings. The van der Waals surface area contributed by atoms with Gasteiger partial charge >= 0.3 is 0 Å². The van der Waals surface area contributed by atoms with Gasteiger partial charge in [-0.2, -0.15) is 0 Å². The molecule has 5 nitrogen and oxygen atoms in total. The number of hydrogen-bond acceptors (Lipinski definition) is 4. The Balaban J connectivity index is 1.23. The highest BCUT2D eigenvalue weighted by molar-refractivity contribution is 6.30. The average Bonchev–Trinajstić information content (AvgIpc) is 2.98. The monoisotopic (exact) mass is 590 g/mol. The van der Waals surface area contributed by atoms with Gasteiger partial charge in [0.25, 0.3) is 0 Å². The summed E-state index contributed by atoms with van der Waals surface area (Å²) in [6.07, 6.45) is 1.50. The largest absolute Gasteiger partial charge is 0.465 e. The second-order valence-corrected chi connectivity index (χ2v) is 11.6. The summed E-state index contributed by atoms with van der Waals surface area (Å²) in [7, 11) is 1.64. The molecule has 1 unspecified atom stereocenters. The van der Waals surface area contributed by atoms with E-state index in [0.717, 1.165) is 49.4 Å². The number of aryl methyl sites for hydroxylation is 1. The van der Waals surface area contributed by atoms with Gasteiger partial charge in [0.1, 0.15) is 5.75 Å². The zero-order valence-electron chi connectivity index (χ0n) is 23.7. The van der Waals surface area contributed by atoms with Crippen LogP contribution in [0.15, 0.2) is 78.9 Å². The lowest BCUT2D eigenvalue weighted by atomic mass is 9.90. The minimum absolute atomic E-state index is 0.000664. The fourth-order valence-electron chi connectivity index (χ4n) is 5.54. The number of ether oxygens (including phenoxy) is 2. The molecule has 1 heterocycles. The Labute approximate surface area is 252 Å². The minimum atomic E-state index is -0.427. The van der Waals surface area contributed by atoms with Crippen molar-refractivity contribution < 1.29 is 14.3 Å². The number of amides is 1. The van der Waals surface area contributed by atoms with E-state index in [4.69, 9.17) is 32.7 Å². The number of rotatable bonds is 9. The molecule has 41 heavy (non-hydrogen) atoms. The average molecular weight is 592 g/mol. The Morgan fingerprint density at radius 2 is 1.51 bits per heavy atom. The molecule has 1 saturated heterocycles. The van der Waals surface area contributed by atoms with Crippen molar-refractivity contribution in [1.29, 1.82) is 0 Å². The van der Waals surface area contributed by atoms with Gasteiger partial charge in [-0.1, -0.05) is 65.7 Å². The standard InChI is InChI=1S/C34H36Cl2N2O3/c1-22-27(5-4-24-10-15-31(20-32(22)24)41-23(2)40-3)21-38-18-16-30(17-19-38)37-34(39)33(25-6-11-28(35)12-7-25)26-8-13-29(36)14-9-26/h4-15,20,23,30,33H,16-19,21H2,1-3H3,(H,37,39). The molecule has 1 amide bonds. The van der Waals surface area contributed by atoms with Gasteiger partial charge in [-0.3, -0.25) is 9.69 Å². The van der Waals surface area contributed by atoms with Crippen molar-refractivity contribution in [1.82, 2.24) is 10.2 Å². The third kappa shape index (κ3) is 7.22. The normalized spacial score (nSPS) is 15.3. The third-order valence-electron chi connectivity index (χ3n) is 8.01. The van der Waals surface area contributed by atoms with E-state index in [0.29, 0.717) is 10.0 Å². The highest BCUT2D eigenvalue weighted by atomic mass is 35.5. The van der Waals surface area contributed by atoms with Crippen LogP contribution in [-0.4, -0.2) is 43.3 Å². The fraction of sp³-hybridized carbons (Fsp3) is 0.324. The number of halogens is 2. The number of benzene rings is 4. The van der Waals surface area contributed by atoms with Crippen molar-refractivity contribution in [2.45, 2.75) is 51.5 Å². The van der Waals surface area contributed by atoms with Crippen molar-refractivity contribution in [3.63, 3.8) is 0 Å². The summed E-state index contributed by atoms with van der Waals surface area (Å²) in [5.74, 6) is 0.377. The number of methoxy groups -OCH3 is 1. The summed E-state index contributed by atoms with van der Waals surface area (Å²) in [5.41, 5.74) is 4.39. The van der Waals surface area contributed by atoms with Crippen LogP contribution in [0.2, 0.25) is 10.0 Å². The van der Waals surface area contributed by atoms with Gasteiger partial charge in [0.2, 0.25) is 5.91 Å². The van der Waals surface area contributed by atoms with E-state index in [-0.39, 0.29) is 18.2 Å². The second kappa shape index (κ2) is 13.3. The second-order valence-electron chi connectivity index (χ2n) is 10.7. The third-order valence-corrected chi connectivity index (χ3v) is 8.51. The van der Waals surface area contributed by atoms with E-state index >= 15 is 0 Å². The maximum Gasteiger partial charge on any atom is 0.232 e. The lowest BCUT2D eigenvalue weighted by molar-refractivity contribution is -0.122. The summed E-state index contributed by atoms with van der Waals surface area (Å²) >= 11 is 12.3. The number of fused-ring (bicyclic) bond motifs is 1. The molecule has 214 valence electrons. The molecule has 0 bridgehead atoms. The number of nitrogens with zero attached hydrogens (tertiary/aromatic N) is 1. The molecule has 0 saturated carbocycles. The zero-order chi connectivity index (χ0) is 28.9. The molecule has 0 aliphatic carbocycles. The van der Waals surface area contributed by atoms with Crippen molar-refractivity contribution in [3.8, 4) is 5.75 Å². The molecule has 5 rings (SSSR count). The molecule has 4 aromatic carbocycles. The molecule has 1 atom stereocenters. The van der Waals surface area contributed by atoms with Crippen LogP contribution < -0.4 is 10.1 Å². The molecular formula is C34H36Cl2N2O3. The predicted molar refractivity (Wildman–Crippen MR) is 167 cm³/mol. The number of likely N-dealkylation sites (tertiary alicyclic amines) is 1. The Morgan fingerprint density at radius 1 is 0.927 bits per heavy atom. The number of carbonyl (C=O) groups excluding carboxylic acids is 1. The lowest BCUT2D eigenvalue weighted by Gasteiger charge is -2.33. The van der Waals surface area contributed by atoms with E-state index in [1.807, 2.05) is 61.5 Å². The Kier molecular flexibility index (Phi) is 9.51. The van der Waals surface area contributed by atoms with E-state index < -0.39 is 5.92 Å². The van der Waals surface area contributed by atoms with E-state index in [9.17, 15) is 4.79 Å². The lowest BCUT2D eigenvalue weighted by Crippen LogP contribution is -2.45. The topological polar surface area (TPSA) is 50.8 Å². The van der Waals surface area contributed by atoms with Gasteiger partial charge in [-0.15, -0.1) is 0 Å². The van der Waals surface area contributed by atoms with E-state index in [2.05, 4.69) is 41.4 Å². The number of piperidine rings is 1. The van der Waals surface area contributed by atoms with Gasteiger partial charge in [-0.05, 0) is 96.1 Å². The van der Waals surface area contributed by atoms with Crippen LogP contribution >= 0.6 is 23.2 Å². The van der Waals surface area contributed by atoms with Gasteiger partial charge in [0.15, 0.2) is 6.29 Å². The first-order valence-corrected chi connectivity index (χ1v) is 14.8. The molecule has 0 radical (unpaired) electrons. The van der Waals surface area contributed by atoms with Crippen LogP contribution in [0.1, 0.15) is 47.9 Å². The zero-order valence-corrected chi connectivity index (χ0v) is 25.2. The molecular weight excluding hydrogens is 555 g/mol. The summed E-state index contributed by atoms with van der Waals surface area (Å²) in [6.45, 7) is 6.78. The first-order valence-electron chi connectivity index (χ1n) is 14.1.